The minimum absolute atomic E-state index is 0.0361. The Morgan fingerprint density at radius 3 is 2.06 bits per heavy atom. The zero-order chi connectivity index (χ0) is 12.4. The van der Waals surface area contributed by atoms with Gasteiger partial charge in [-0.25, -0.2) is 0 Å². The van der Waals surface area contributed by atoms with Crippen molar-refractivity contribution in [1.29, 1.82) is 0 Å². The molecule has 0 fully saturated rings. The minimum atomic E-state index is -0.500. The highest BCUT2D eigenvalue weighted by molar-refractivity contribution is 7.80. The summed E-state index contributed by atoms with van der Waals surface area (Å²) in [6.45, 7) is 0.0361. The standard InChI is InChI=1S/C9H16O4S3/c10-8(1-3-14)12-5-7(6-16)13-9(11)2-4-15/h7,14-16H,1-6H2. The lowest BCUT2D eigenvalue weighted by Gasteiger charge is -2.15. The number of esters is 2. The van der Waals surface area contributed by atoms with E-state index in [0.717, 1.165) is 0 Å². The van der Waals surface area contributed by atoms with E-state index < -0.39 is 6.10 Å². The first-order chi connectivity index (χ1) is 7.63. The first-order valence-electron chi connectivity index (χ1n) is 4.81. The van der Waals surface area contributed by atoms with Crippen molar-refractivity contribution in [3.8, 4) is 0 Å². The molecule has 0 N–H and O–H groups in total. The van der Waals surface area contributed by atoms with Crippen LogP contribution in [0.1, 0.15) is 12.8 Å². The predicted molar refractivity (Wildman–Crippen MR) is 71.6 cm³/mol. The van der Waals surface area contributed by atoms with Crippen molar-refractivity contribution in [2.24, 2.45) is 0 Å². The molecule has 0 radical (unpaired) electrons. The molecule has 0 spiro atoms. The molecule has 16 heavy (non-hydrogen) atoms. The number of carbonyl (C=O) groups is 2. The molecule has 0 heterocycles. The number of rotatable bonds is 8. The molecule has 0 saturated carbocycles. The van der Waals surface area contributed by atoms with Crippen LogP contribution in [0.2, 0.25) is 0 Å². The van der Waals surface area contributed by atoms with Gasteiger partial charge in [0, 0.05) is 17.3 Å². The molecule has 0 bridgehead atoms. The third-order valence-electron chi connectivity index (χ3n) is 1.56. The van der Waals surface area contributed by atoms with Gasteiger partial charge in [0.1, 0.15) is 12.7 Å². The molecule has 0 aliphatic heterocycles. The largest absolute Gasteiger partial charge is 0.462 e. The Balaban J connectivity index is 3.82. The van der Waals surface area contributed by atoms with Crippen molar-refractivity contribution in [3.05, 3.63) is 0 Å². The van der Waals surface area contributed by atoms with Crippen molar-refractivity contribution in [2.45, 2.75) is 18.9 Å². The molecule has 0 aromatic carbocycles. The van der Waals surface area contributed by atoms with Gasteiger partial charge in [0.15, 0.2) is 0 Å². The molecule has 4 nitrogen and oxygen atoms in total. The van der Waals surface area contributed by atoms with Crippen LogP contribution in [0.3, 0.4) is 0 Å². The molecule has 0 aliphatic rings. The van der Waals surface area contributed by atoms with E-state index >= 15 is 0 Å². The number of ether oxygens (including phenoxy) is 2. The van der Waals surface area contributed by atoms with E-state index in [1.165, 1.54) is 0 Å². The van der Waals surface area contributed by atoms with E-state index in [9.17, 15) is 9.59 Å². The smallest absolute Gasteiger partial charge is 0.307 e. The maximum Gasteiger partial charge on any atom is 0.307 e. The minimum Gasteiger partial charge on any atom is -0.462 e. The van der Waals surface area contributed by atoms with Gasteiger partial charge < -0.3 is 9.47 Å². The zero-order valence-corrected chi connectivity index (χ0v) is 11.5. The Morgan fingerprint density at radius 2 is 1.56 bits per heavy atom. The van der Waals surface area contributed by atoms with Gasteiger partial charge in [0.2, 0.25) is 0 Å². The summed E-state index contributed by atoms with van der Waals surface area (Å²) in [5.74, 6) is 0.458. The normalized spacial score (nSPS) is 11.9. The Kier molecular flexibility index (Phi) is 10.2. The van der Waals surface area contributed by atoms with Gasteiger partial charge in [0.25, 0.3) is 0 Å². The van der Waals surface area contributed by atoms with E-state index in [-0.39, 0.29) is 31.4 Å². The second-order valence-electron chi connectivity index (χ2n) is 2.92. The molecule has 94 valence electrons. The molecular weight excluding hydrogens is 268 g/mol. The van der Waals surface area contributed by atoms with E-state index in [1.807, 2.05) is 0 Å². The third kappa shape index (κ3) is 8.18. The molecule has 0 amide bonds. The summed E-state index contributed by atoms with van der Waals surface area (Å²) in [6.07, 6.45) is -0.0232. The predicted octanol–water partition coefficient (Wildman–Crippen LogP) is 1.01. The number of hydrogen-bond donors (Lipinski definition) is 3. The lowest BCUT2D eigenvalue weighted by Crippen LogP contribution is -2.27. The van der Waals surface area contributed by atoms with Crippen LogP contribution in [0.15, 0.2) is 0 Å². The lowest BCUT2D eigenvalue weighted by atomic mass is 10.4. The van der Waals surface area contributed by atoms with Crippen LogP contribution in [0.5, 0.6) is 0 Å². The van der Waals surface area contributed by atoms with Gasteiger partial charge in [0.05, 0.1) is 12.8 Å². The summed E-state index contributed by atoms with van der Waals surface area (Å²) in [7, 11) is 0. The van der Waals surface area contributed by atoms with Gasteiger partial charge >= 0.3 is 11.9 Å². The maximum absolute atomic E-state index is 11.1. The third-order valence-corrected chi connectivity index (χ3v) is 2.42. The van der Waals surface area contributed by atoms with Crippen LogP contribution in [0.4, 0.5) is 0 Å². The summed E-state index contributed by atoms with van der Waals surface area (Å²) >= 11 is 11.8. The van der Waals surface area contributed by atoms with Gasteiger partial charge in [-0.2, -0.15) is 37.9 Å². The van der Waals surface area contributed by atoms with Gasteiger partial charge in [-0.3, -0.25) is 9.59 Å². The van der Waals surface area contributed by atoms with Crippen LogP contribution in [-0.2, 0) is 19.1 Å². The molecule has 0 aromatic heterocycles. The molecule has 0 rings (SSSR count). The van der Waals surface area contributed by atoms with Crippen molar-refractivity contribution in [1.82, 2.24) is 0 Å². The fourth-order valence-electron chi connectivity index (χ4n) is 0.809. The highest BCUT2D eigenvalue weighted by Crippen LogP contribution is 2.01. The van der Waals surface area contributed by atoms with Gasteiger partial charge in [-0.1, -0.05) is 0 Å². The molecule has 0 aromatic rings. The van der Waals surface area contributed by atoms with Crippen molar-refractivity contribution < 1.29 is 19.1 Å². The summed E-state index contributed by atoms with van der Waals surface area (Å²) < 4.78 is 9.89. The van der Waals surface area contributed by atoms with Crippen molar-refractivity contribution in [3.63, 3.8) is 0 Å². The number of hydrogen-bond acceptors (Lipinski definition) is 7. The molecule has 7 heteroatoms. The average Bonchev–Trinajstić information content (AvgIpc) is 2.25. The zero-order valence-electron chi connectivity index (χ0n) is 8.79. The van der Waals surface area contributed by atoms with E-state index in [0.29, 0.717) is 17.3 Å². The number of thiol groups is 3. The summed E-state index contributed by atoms with van der Waals surface area (Å²) in [4.78, 5) is 22.2. The fraction of sp³-hybridized carbons (Fsp3) is 0.778. The van der Waals surface area contributed by atoms with Crippen LogP contribution in [-0.4, -0.2) is 41.9 Å². The van der Waals surface area contributed by atoms with E-state index in [4.69, 9.17) is 9.47 Å². The second kappa shape index (κ2) is 10.2. The van der Waals surface area contributed by atoms with E-state index in [2.05, 4.69) is 37.9 Å². The maximum atomic E-state index is 11.1. The monoisotopic (exact) mass is 284 g/mol. The topological polar surface area (TPSA) is 52.6 Å². The first-order valence-corrected chi connectivity index (χ1v) is 6.71. The Morgan fingerprint density at radius 1 is 1.00 bits per heavy atom. The molecule has 1 unspecified atom stereocenters. The highest BCUT2D eigenvalue weighted by Gasteiger charge is 2.14. The Hall–Kier alpha value is -0.0100. The van der Waals surface area contributed by atoms with Crippen molar-refractivity contribution in [2.75, 3.05) is 23.9 Å². The molecular formula is C9H16O4S3. The number of carbonyl (C=O) groups excluding carboxylic acids is 2. The van der Waals surface area contributed by atoms with Gasteiger partial charge in [-0.15, -0.1) is 0 Å². The molecule has 1 atom stereocenters. The first kappa shape index (κ1) is 16.0. The van der Waals surface area contributed by atoms with Crippen LogP contribution >= 0.6 is 37.9 Å². The Labute approximate surface area is 112 Å². The molecule has 0 saturated heterocycles. The highest BCUT2D eigenvalue weighted by atomic mass is 32.1. The van der Waals surface area contributed by atoms with E-state index in [1.54, 1.807) is 0 Å². The van der Waals surface area contributed by atoms with Crippen molar-refractivity contribution >= 4 is 49.8 Å². The van der Waals surface area contributed by atoms with Crippen LogP contribution in [0, 0.1) is 0 Å². The second-order valence-corrected chi connectivity index (χ2v) is 4.18. The lowest BCUT2D eigenvalue weighted by molar-refractivity contribution is -0.157. The Bertz CT molecular complexity index is 223. The van der Waals surface area contributed by atoms with Gasteiger partial charge in [-0.05, 0) is 0 Å². The van der Waals surface area contributed by atoms with Crippen LogP contribution in [0.25, 0.3) is 0 Å². The molecule has 0 aliphatic carbocycles. The average molecular weight is 284 g/mol. The SMILES string of the molecule is O=C(CCS)OCC(CS)OC(=O)CCS. The fourth-order valence-corrected chi connectivity index (χ4v) is 1.35. The summed E-state index contributed by atoms with van der Waals surface area (Å²) in [5, 5.41) is 0. The van der Waals surface area contributed by atoms with Crippen LogP contribution < -0.4 is 0 Å². The quantitative estimate of drug-likeness (QED) is 0.460. The summed E-state index contributed by atoms with van der Waals surface area (Å²) in [5.41, 5.74) is 0. The summed E-state index contributed by atoms with van der Waals surface area (Å²) in [6, 6.07) is 0.